The van der Waals surface area contributed by atoms with Crippen molar-refractivity contribution in [1.82, 2.24) is 9.21 Å². The van der Waals surface area contributed by atoms with Crippen molar-refractivity contribution in [3.63, 3.8) is 0 Å². The third kappa shape index (κ3) is 5.84. The summed E-state index contributed by atoms with van der Waals surface area (Å²) in [5.41, 5.74) is -0.0229. The molecule has 0 spiro atoms. The van der Waals surface area contributed by atoms with E-state index in [1.807, 2.05) is 11.8 Å². The van der Waals surface area contributed by atoms with Crippen LogP contribution in [0.25, 0.3) is 0 Å². The first-order valence-electron chi connectivity index (χ1n) is 12.2. The van der Waals surface area contributed by atoms with E-state index in [9.17, 15) is 22.0 Å². The predicted octanol–water partition coefficient (Wildman–Crippen LogP) is 5.18. The van der Waals surface area contributed by atoms with Gasteiger partial charge in [-0.25, -0.2) is 17.2 Å². The Bertz CT molecular complexity index is 1200. The summed E-state index contributed by atoms with van der Waals surface area (Å²) in [7, 11) is -4.46. The summed E-state index contributed by atoms with van der Waals surface area (Å²) in [5.74, 6) is -1.77. The van der Waals surface area contributed by atoms with Gasteiger partial charge in [0.05, 0.1) is 6.61 Å². The zero-order valence-corrected chi connectivity index (χ0v) is 21.9. The van der Waals surface area contributed by atoms with Gasteiger partial charge >= 0.3 is 0 Å². The number of likely N-dealkylation sites (tertiary alicyclic amines) is 1. The Labute approximate surface area is 216 Å². The van der Waals surface area contributed by atoms with E-state index < -0.39 is 32.0 Å². The van der Waals surface area contributed by atoms with Crippen LogP contribution in [0.5, 0.6) is 5.75 Å². The van der Waals surface area contributed by atoms with Crippen molar-refractivity contribution in [2.75, 3.05) is 32.8 Å². The number of halogens is 3. The molecule has 2 fully saturated rings. The van der Waals surface area contributed by atoms with Crippen LogP contribution in [-0.2, 0) is 14.8 Å². The number of rotatable bonds is 7. The van der Waals surface area contributed by atoms with E-state index in [1.54, 1.807) is 18.2 Å². The van der Waals surface area contributed by atoms with Crippen LogP contribution in [-0.4, -0.2) is 56.3 Å². The highest BCUT2D eigenvalue weighted by molar-refractivity contribution is 7.89. The lowest BCUT2D eigenvalue weighted by Crippen LogP contribution is -2.51. The third-order valence-electron chi connectivity index (χ3n) is 7.05. The molecule has 10 heteroatoms. The van der Waals surface area contributed by atoms with Crippen molar-refractivity contribution in [2.45, 2.75) is 50.3 Å². The number of nitrogens with zero attached hydrogens (tertiary/aromatic N) is 2. The maximum atomic E-state index is 14.4. The van der Waals surface area contributed by atoms with Gasteiger partial charge in [-0.1, -0.05) is 17.7 Å². The standard InChI is InChI=1S/C26H31ClF2N2O4S/c1-19-15-20(9-10-21(19)27)35-18-26(16-24(32)30-12-3-2-4-13-30)11-6-14-31(17-26)36(33,34)25-22(28)7-5-8-23(25)29/h5,7-10,15H,2-4,6,11-14,16-18H2,1H3. The van der Waals surface area contributed by atoms with Gasteiger partial charge in [0, 0.05) is 43.0 Å². The number of sulfonamides is 1. The maximum absolute atomic E-state index is 14.4. The first kappa shape index (κ1) is 26.8. The van der Waals surface area contributed by atoms with E-state index in [2.05, 4.69) is 0 Å². The van der Waals surface area contributed by atoms with E-state index in [4.69, 9.17) is 16.3 Å². The number of hydrogen-bond donors (Lipinski definition) is 0. The van der Waals surface area contributed by atoms with Crippen LogP contribution >= 0.6 is 11.6 Å². The van der Waals surface area contributed by atoms with E-state index in [-0.39, 0.29) is 32.0 Å². The number of carbonyl (C=O) groups excluding carboxylic acids is 1. The van der Waals surface area contributed by atoms with Gasteiger partial charge in [0.1, 0.15) is 17.4 Å². The summed E-state index contributed by atoms with van der Waals surface area (Å²) in [4.78, 5) is 14.1. The van der Waals surface area contributed by atoms with Gasteiger partial charge in [0.25, 0.3) is 0 Å². The highest BCUT2D eigenvalue weighted by Gasteiger charge is 2.44. The zero-order valence-electron chi connectivity index (χ0n) is 20.3. The summed E-state index contributed by atoms with van der Waals surface area (Å²) in [5, 5.41) is 0.596. The number of benzene rings is 2. The molecule has 196 valence electrons. The molecule has 0 aromatic heterocycles. The monoisotopic (exact) mass is 540 g/mol. The average molecular weight is 541 g/mol. The van der Waals surface area contributed by atoms with Crippen LogP contribution in [0.2, 0.25) is 5.02 Å². The van der Waals surface area contributed by atoms with Crippen LogP contribution in [0.4, 0.5) is 8.78 Å². The van der Waals surface area contributed by atoms with Crippen molar-refractivity contribution in [1.29, 1.82) is 0 Å². The SMILES string of the molecule is Cc1cc(OCC2(CC(=O)N3CCCCC3)CCCN(S(=O)(=O)c3c(F)cccc3F)C2)ccc1Cl. The smallest absolute Gasteiger partial charge is 0.248 e. The van der Waals surface area contributed by atoms with Crippen LogP contribution in [0.3, 0.4) is 0 Å². The molecular weight excluding hydrogens is 510 g/mol. The first-order valence-corrected chi connectivity index (χ1v) is 14.0. The molecule has 0 bridgehead atoms. The number of amides is 1. The Kier molecular flexibility index (Phi) is 8.22. The summed E-state index contributed by atoms with van der Waals surface area (Å²) >= 11 is 6.12. The van der Waals surface area contributed by atoms with Crippen molar-refractivity contribution >= 4 is 27.5 Å². The minimum absolute atomic E-state index is 0.0538. The summed E-state index contributed by atoms with van der Waals surface area (Å²) in [6, 6.07) is 8.22. The summed E-state index contributed by atoms with van der Waals surface area (Å²) in [6.45, 7) is 3.32. The zero-order chi connectivity index (χ0) is 25.9. The fourth-order valence-corrected chi connectivity index (χ4v) is 6.88. The van der Waals surface area contributed by atoms with Gasteiger partial charge in [-0.3, -0.25) is 4.79 Å². The largest absolute Gasteiger partial charge is 0.493 e. The molecule has 2 aliphatic rings. The van der Waals surface area contributed by atoms with Crippen molar-refractivity contribution < 1.29 is 26.7 Å². The molecule has 0 saturated carbocycles. The number of hydrogen-bond acceptors (Lipinski definition) is 4. The molecule has 2 aromatic rings. The molecule has 2 heterocycles. The Morgan fingerprint density at radius 1 is 1.06 bits per heavy atom. The van der Waals surface area contributed by atoms with Crippen LogP contribution in [0, 0.1) is 24.0 Å². The topological polar surface area (TPSA) is 66.9 Å². The van der Waals surface area contributed by atoms with Gasteiger partial charge in [-0.15, -0.1) is 0 Å². The van der Waals surface area contributed by atoms with Crippen molar-refractivity contribution in [2.24, 2.45) is 5.41 Å². The molecule has 1 atom stereocenters. The van der Waals surface area contributed by atoms with Crippen LogP contribution < -0.4 is 4.74 Å². The molecule has 6 nitrogen and oxygen atoms in total. The molecule has 36 heavy (non-hydrogen) atoms. The van der Waals surface area contributed by atoms with Crippen molar-refractivity contribution in [3.05, 3.63) is 58.6 Å². The van der Waals surface area contributed by atoms with Gasteiger partial charge < -0.3 is 9.64 Å². The highest BCUT2D eigenvalue weighted by Crippen LogP contribution is 2.38. The van der Waals surface area contributed by atoms with Gasteiger partial charge in [0.15, 0.2) is 4.90 Å². The normalized spacial score (nSPS) is 21.4. The summed E-state index contributed by atoms with van der Waals surface area (Å²) in [6.07, 6.45) is 4.02. The molecular formula is C26H31ClF2N2O4S. The molecule has 2 aliphatic heterocycles. The number of carbonyl (C=O) groups is 1. The number of aryl methyl sites for hydroxylation is 1. The highest BCUT2D eigenvalue weighted by atomic mass is 35.5. The Morgan fingerprint density at radius 2 is 1.75 bits per heavy atom. The molecule has 1 unspecified atom stereocenters. The minimum Gasteiger partial charge on any atom is -0.493 e. The molecule has 0 aliphatic carbocycles. The molecule has 2 saturated heterocycles. The van der Waals surface area contributed by atoms with Crippen LogP contribution in [0.1, 0.15) is 44.1 Å². The Morgan fingerprint density at radius 3 is 2.42 bits per heavy atom. The minimum atomic E-state index is -4.46. The van der Waals surface area contributed by atoms with E-state index >= 15 is 0 Å². The lowest BCUT2D eigenvalue weighted by atomic mass is 9.78. The molecule has 0 N–H and O–H groups in total. The second-order valence-corrected chi connectivity index (χ2v) is 12.1. The molecule has 2 aromatic carbocycles. The van der Waals surface area contributed by atoms with E-state index in [0.717, 1.165) is 47.3 Å². The second kappa shape index (κ2) is 11.0. The quantitative estimate of drug-likeness (QED) is 0.485. The fraction of sp³-hybridized carbons (Fsp3) is 0.500. The van der Waals surface area contributed by atoms with Crippen LogP contribution in [0.15, 0.2) is 41.3 Å². The lowest BCUT2D eigenvalue weighted by Gasteiger charge is -2.42. The van der Waals surface area contributed by atoms with Gasteiger partial charge in [0.2, 0.25) is 15.9 Å². The fourth-order valence-electron chi connectivity index (χ4n) is 5.06. The Balaban J connectivity index is 1.62. The number of ether oxygens (including phenoxy) is 1. The molecule has 0 radical (unpaired) electrons. The molecule has 4 rings (SSSR count). The van der Waals surface area contributed by atoms with Gasteiger partial charge in [-0.2, -0.15) is 4.31 Å². The second-order valence-electron chi connectivity index (χ2n) is 9.81. The maximum Gasteiger partial charge on any atom is 0.248 e. The lowest BCUT2D eigenvalue weighted by molar-refractivity contribution is -0.136. The summed E-state index contributed by atoms with van der Waals surface area (Å²) < 4.78 is 62.8. The van der Waals surface area contributed by atoms with Crippen molar-refractivity contribution in [3.8, 4) is 5.75 Å². The Hall–Kier alpha value is -2.23. The third-order valence-corrected chi connectivity index (χ3v) is 9.37. The number of piperidine rings is 2. The average Bonchev–Trinajstić information content (AvgIpc) is 2.85. The van der Waals surface area contributed by atoms with Gasteiger partial charge in [-0.05, 0) is 74.9 Å². The van der Waals surface area contributed by atoms with E-state index in [1.165, 1.54) is 0 Å². The predicted molar refractivity (Wildman–Crippen MR) is 134 cm³/mol. The van der Waals surface area contributed by atoms with E-state index in [0.29, 0.717) is 36.7 Å². The first-order chi connectivity index (χ1) is 17.1. The molecule has 1 amide bonds.